The Morgan fingerprint density at radius 3 is 2.80 bits per heavy atom. The van der Waals surface area contributed by atoms with Gasteiger partial charge in [0.05, 0.1) is 19.3 Å². The van der Waals surface area contributed by atoms with Crippen LogP contribution < -0.4 is 10.1 Å². The topological polar surface area (TPSA) is 24.5 Å². The predicted octanol–water partition coefficient (Wildman–Crippen LogP) is 5.94. The van der Waals surface area contributed by atoms with Crippen LogP contribution in [0.4, 0.5) is 5.69 Å². The summed E-state index contributed by atoms with van der Waals surface area (Å²) in [5.74, 6) is 0.742. The Kier molecular flexibility index (Phi) is 6.57. The molecule has 2 aromatic rings. The van der Waals surface area contributed by atoms with E-state index in [4.69, 9.17) is 28.6 Å². The van der Waals surface area contributed by atoms with E-state index in [1.165, 1.54) is 37.0 Å². The highest BCUT2D eigenvalue weighted by Gasteiger charge is 2.24. The summed E-state index contributed by atoms with van der Waals surface area (Å²) in [5.41, 5.74) is 0.812. The summed E-state index contributed by atoms with van der Waals surface area (Å²) < 4.78 is 5.44. The lowest BCUT2D eigenvalue weighted by Crippen LogP contribution is -2.43. The number of thiophene rings is 1. The molecular weight excluding hydrogens is 372 g/mol. The third kappa shape index (κ3) is 4.87. The second-order valence-electron chi connectivity index (χ2n) is 6.27. The maximum atomic E-state index is 6.15. The lowest BCUT2D eigenvalue weighted by Gasteiger charge is -2.36. The van der Waals surface area contributed by atoms with E-state index in [1.54, 1.807) is 18.4 Å². The van der Waals surface area contributed by atoms with Crippen LogP contribution in [-0.2, 0) is 6.54 Å². The van der Waals surface area contributed by atoms with Crippen molar-refractivity contribution in [1.29, 1.82) is 0 Å². The fraction of sp³-hybridized carbons (Fsp3) is 0.421. The number of anilines is 1. The molecule has 1 aromatic carbocycles. The van der Waals surface area contributed by atoms with Gasteiger partial charge in [0.1, 0.15) is 5.75 Å². The average molecular weight is 395 g/mol. The summed E-state index contributed by atoms with van der Waals surface area (Å²) in [7, 11) is 1.65. The summed E-state index contributed by atoms with van der Waals surface area (Å²) in [5, 5.41) is 6.88. The summed E-state index contributed by atoms with van der Waals surface area (Å²) in [6, 6.07) is 10.3. The van der Waals surface area contributed by atoms with Gasteiger partial charge in [-0.3, -0.25) is 0 Å². The van der Waals surface area contributed by atoms with Crippen LogP contribution in [-0.4, -0.2) is 23.2 Å². The number of nitrogens with one attached hydrogen (secondary N) is 1. The molecule has 0 saturated heterocycles. The minimum Gasteiger partial charge on any atom is -0.495 e. The van der Waals surface area contributed by atoms with Crippen LogP contribution >= 0.6 is 35.2 Å². The average Bonchev–Trinajstić information content (AvgIpc) is 3.14. The van der Waals surface area contributed by atoms with Gasteiger partial charge in [0, 0.05) is 15.9 Å². The molecule has 6 heteroatoms. The van der Waals surface area contributed by atoms with E-state index >= 15 is 0 Å². The highest BCUT2D eigenvalue weighted by Crippen LogP contribution is 2.30. The normalized spacial score (nSPS) is 15.0. The molecule has 134 valence electrons. The SMILES string of the molecule is COc1ccc(Cl)cc1NC(=S)N(Cc1cccs1)C1CCCCC1. The number of rotatable bonds is 5. The molecule has 3 nitrogen and oxygen atoms in total. The Morgan fingerprint density at radius 2 is 2.12 bits per heavy atom. The molecule has 0 amide bonds. The number of thiocarbonyl (C=S) groups is 1. The van der Waals surface area contributed by atoms with Crippen molar-refractivity contribution in [3.05, 3.63) is 45.6 Å². The van der Waals surface area contributed by atoms with E-state index in [1.807, 2.05) is 18.2 Å². The van der Waals surface area contributed by atoms with Crippen molar-refractivity contribution in [1.82, 2.24) is 4.90 Å². The van der Waals surface area contributed by atoms with E-state index in [0.717, 1.165) is 23.1 Å². The van der Waals surface area contributed by atoms with Gasteiger partial charge in [-0.15, -0.1) is 11.3 Å². The van der Waals surface area contributed by atoms with Gasteiger partial charge < -0.3 is 15.0 Å². The fourth-order valence-electron chi connectivity index (χ4n) is 3.29. The second-order valence-corrected chi connectivity index (χ2v) is 8.13. The van der Waals surface area contributed by atoms with Crippen molar-refractivity contribution < 1.29 is 4.74 Å². The number of nitrogens with zero attached hydrogens (tertiary/aromatic N) is 1. The highest BCUT2D eigenvalue weighted by molar-refractivity contribution is 7.80. The predicted molar refractivity (Wildman–Crippen MR) is 111 cm³/mol. The molecule has 0 unspecified atom stereocenters. The molecule has 1 heterocycles. The Morgan fingerprint density at radius 1 is 1.32 bits per heavy atom. The van der Waals surface area contributed by atoms with Crippen molar-refractivity contribution in [2.24, 2.45) is 0 Å². The maximum Gasteiger partial charge on any atom is 0.174 e. The summed E-state index contributed by atoms with van der Waals surface area (Å²) in [6.07, 6.45) is 6.26. The standard InChI is InChI=1S/C19H23ClN2OS2/c1-23-18-10-9-14(20)12-17(18)21-19(24)22(13-16-8-5-11-25-16)15-6-3-2-4-7-15/h5,8-12,15H,2-4,6-7,13H2,1H3,(H,21,24). The van der Waals surface area contributed by atoms with Crippen molar-refractivity contribution in [2.45, 2.75) is 44.7 Å². The second kappa shape index (κ2) is 8.88. The van der Waals surface area contributed by atoms with Crippen LogP contribution in [0.3, 0.4) is 0 Å². The molecule has 0 bridgehead atoms. The van der Waals surface area contributed by atoms with Gasteiger partial charge in [0.2, 0.25) is 0 Å². The van der Waals surface area contributed by atoms with Gasteiger partial charge >= 0.3 is 0 Å². The summed E-state index contributed by atoms with van der Waals surface area (Å²) >= 11 is 13.7. The molecule has 0 atom stereocenters. The first kappa shape index (κ1) is 18.5. The first-order chi connectivity index (χ1) is 12.2. The van der Waals surface area contributed by atoms with E-state index in [0.29, 0.717) is 11.1 Å². The maximum absolute atomic E-state index is 6.15. The molecule has 1 aliphatic carbocycles. The van der Waals surface area contributed by atoms with Crippen LogP contribution in [0.2, 0.25) is 5.02 Å². The van der Waals surface area contributed by atoms with Crippen LogP contribution in [0, 0.1) is 0 Å². The number of hydrogen-bond acceptors (Lipinski definition) is 3. The third-order valence-corrected chi connectivity index (χ3v) is 6.02. The summed E-state index contributed by atoms with van der Waals surface area (Å²) in [6.45, 7) is 0.844. The molecule has 1 N–H and O–H groups in total. The first-order valence-electron chi connectivity index (χ1n) is 8.61. The van der Waals surface area contributed by atoms with E-state index in [9.17, 15) is 0 Å². The molecule has 3 rings (SSSR count). The van der Waals surface area contributed by atoms with Crippen LogP contribution in [0.15, 0.2) is 35.7 Å². The van der Waals surface area contributed by atoms with Gasteiger partial charge in [-0.05, 0) is 54.7 Å². The number of methoxy groups -OCH3 is 1. The summed E-state index contributed by atoms with van der Waals surface area (Å²) in [4.78, 5) is 3.66. The van der Waals surface area contributed by atoms with Crippen molar-refractivity contribution in [3.63, 3.8) is 0 Å². The monoisotopic (exact) mass is 394 g/mol. The number of halogens is 1. The van der Waals surface area contributed by atoms with Crippen molar-refractivity contribution >= 4 is 46.0 Å². The number of ether oxygens (including phenoxy) is 1. The number of benzene rings is 1. The quantitative estimate of drug-likeness (QED) is 0.634. The minimum absolute atomic E-state index is 0.487. The Labute approximate surface area is 163 Å². The molecule has 1 saturated carbocycles. The van der Waals surface area contributed by atoms with Gasteiger partial charge in [0.25, 0.3) is 0 Å². The highest BCUT2D eigenvalue weighted by atomic mass is 35.5. The zero-order valence-electron chi connectivity index (χ0n) is 14.3. The molecule has 1 aromatic heterocycles. The molecule has 25 heavy (non-hydrogen) atoms. The van der Waals surface area contributed by atoms with Gasteiger partial charge in [-0.1, -0.05) is 36.9 Å². The van der Waals surface area contributed by atoms with Gasteiger partial charge in [-0.2, -0.15) is 0 Å². The first-order valence-corrected chi connectivity index (χ1v) is 10.3. The molecule has 0 radical (unpaired) electrons. The van der Waals surface area contributed by atoms with Gasteiger partial charge in [-0.25, -0.2) is 0 Å². The molecule has 1 aliphatic rings. The van der Waals surface area contributed by atoms with Crippen molar-refractivity contribution in [2.75, 3.05) is 12.4 Å². The molecule has 1 fully saturated rings. The van der Waals surface area contributed by atoms with Crippen LogP contribution in [0.1, 0.15) is 37.0 Å². The minimum atomic E-state index is 0.487. The van der Waals surface area contributed by atoms with E-state index in [2.05, 4.69) is 27.7 Å². The lowest BCUT2D eigenvalue weighted by molar-refractivity contribution is 0.242. The smallest absolute Gasteiger partial charge is 0.174 e. The lowest BCUT2D eigenvalue weighted by atomic mass is 9.94. The third-order valence-electron chi connectivity index (χ3n) is 4.59. The zero-order chi connectivity index (χ0) is 17.6. The Balaban J connectivity index is 1.79. The molecular formula is C19H23ClN2OS2. The van der Waals surface area contributed by atoms with E-state index < -0.39 is 0 Å². The molecule has 0 spiro atoms. The largest absolute Gasteiger partial charge is 0.495 e. The molecule has 0 aliphatic heterocycles. The fourth-order valence-corrected chi connectivity index (χ4v) is 4.49. The van der Waals surface area contributed by atoms with Crippen LogP contribution in [0.5, 0.6) is 5.75 Å². The number of hydrogen-bond donors (Lipinski definition) is 1. The zero-order valence-corrected chi connectivity index (χ0v) is 16.7. The van der Waals surface area contributed by atoms with Crippen LogP contribution in [0.25, 0.3) is 0 Å². The van der Waals surface area contributed by atoms with Crippen molar-refractivity contribution in [3.8, 4) is 5.75 Å². The van der Waals surface area contributed by atoms with E-state index in [-0.39, 0.29) is 0 Å². The van der Waals surface area contributed by atoms with Gasteiger partial charge in [0.15, 0.2) is 5.11 Å². The Hall–Kier alpha value is -1.30. The Bertz CT molecular complexity index is 699.